The summed E-state index contributed by atoms with van der Waals surface area (Å²) in [6.45, 7) is 20.1. The molecule has 0 aliphatic carbocycles. The van der Waals surface area contributed by atoms with Crippen molar-refractivity contribution in [1.29, 1.82) is 0 Å². The number of likely N-dealkylation sites (tertiary alicyclic amines) is 1. The Morgan fingerprint density at radius 3 is 2.11 bits per heavy atom. The zero-order valence-corrected chi connectivity index (χ0v) is 44.9. The van der Waals surface area contributed by atoms with Crippen LogP contribution in [0.5, 0.6) is 0 Å². The Hall–Kier alpha value is -5.30. The van der Waals surface area contributed by atoms with Gasteiger partial charge in [0.2, 0.25) is 33.7 Å². The number of benzene rings is 1. The number of ketones is 1. The van der Waals surface area contributed by atoms with E-state index in [0.717, 1.165) is 16.9 Å². The van der Waals surface area contributed by atoms with Crippen LogP contribution < -0.4 is 4.72 Å². The molecule has 19 heteroatoms. The average Bonchev–Trinajstić information content (AvgIpc) is 4.07. The average molecular weight is 1010 g/mol. The Morgan fingerprint density at radius 1 is 0.901 bits per heavy atom. The van der Waals surface area contributed by atoms with Crippen LogP contribution >= 0.6 is 0 Å². The smallest absolute Gasteiger partial charge is 0.253 e. The molecule has 1 saturated heterocycles. The number of amides is 6. The van der Waals surface area contributed by atoms with E-state index in [-0.39, 0.29) is 105 Å². The van der Waals surface area contributed by atoms with E-state index in [0.29, 0.717) is 25.1 Å². The zero-order valence-electron chi connectivity index (χ0n) is 44.1. The van der Waals surface area contributed by atoms with Gasteiger partial charge in [0.15, 0.2) is 0 Å². The zero-order chi connectivity index (χ0) is 52.9. The number of Topliss-reactive ketones (excluding diaryl/α,β-unsaturated/α-hetero) is 1. The van der Waals surface area contributed by atoms with Gasteiger partial charge in [-0.05, 0) is 76.7 Å². The first-order valence-electron chi connectivity index (χ1n) is 25.3. The molecule has 1 fully saturated rings. The summed E-state index contributed by atoms with van der Waals surface area (Å²) in [5.74, 6) is -5.38. The van der Waals surface area contributed by atoms with Crippen LogP contribution in [0.1, 0.15) is 125 Å². The molecule has 1 aromatic carbocycles. The van der Waals surface area contributed by atoms with Crippen molar-refractivity contribution in [1.82, 2.24) is 39.3 Å². The molecule has 0 radical (unpaired) electrons. The summed E-state index contributed by atoms with van der Waals surface area (Å²) < 4.78 is 36.3. The first kappa shape index (κ1) is 58.3. The molecule has 4 rings (SSSR count). The Labute approximate surface area is 421 Å². The van der Waals surface area contributed by atoms with E-state index in [1.54, 1.807) is 26.0 Å². The minimum atomic E-state index is -4.14. The molecule has 1 N–H and O–H groups in total. The summed E-state index contributed by atoms with van der Waals surface area (Å²) >= 11 is 0. The summed E-state index contributed by atoms with van der Waals surface area (Å²) in [5.41, 5.74) is 1.11. The van der Waals surface area contributed by atoms with E-state index in [2.05, 4.69) is 15.0 Å². The summed E-state index contributed by atoms with van der Waals surface area (Å²) in [7, 11) is -0.847. The number of carbonyl (C=O) groups is 7. The van der Waals surface area contributed by atoms with Crippen molar-refractivity contribution in [2.24, 2.45) is 35.5 Å². The van der Waals surface area contributed by atoms with Gasteiger partial charge in [0.05, 0.1) is 37.1 Å². The second-order valence-corrected chi connectivity index (χ2v) is 22.4. The van der Waals surface area contributed by atoms with Crippen molar-refractivity contribution in [3.63, 3.8) is 0 Å². The highest BCUT2D eigenvalue weighted by atomic mass is 32.2. The minimum absolute atomic E-state index is 0.00305. The van der Waals surface area contributed by atoms with Crippen molar-refractivity contribution >= 4 is 51.2 Å². The summed E-state index contributed by atoms with van der Waals surface area (Å²) in [5, 5.41) is 7.95. The largest absolute Gasteiger partial charge is 0.379 e. The minimum Gasteiger partial charge on any atom is -0.379 e. The normalized spacial score (nSPS) is 18.2. The number of nitrogens with one attached hydrogen (secondary N) is 1. The fourth-order valence-corrected chi connectivity index (χ4v) is 11.3. The van der Waals surface area contributed by atoms with E-state index in [4.69, 9.17) is 4.74 Å². The second-order valence-electron chi connectivity index (χ2n) is 20.6. The molecule has 2 aromatic rings. The van der Waals surface area contributed by atoms with Crippen LogP contribution in [0.3, 0.4) is 0 Å². The highest BCUT2D eigenvalue weighted by Gasteiger charge is 2.42. The number of aromatic nitrogens is 3. The maximum absolute atomic E-state index is 14.4. The van der Waals surface area contributed by atoms with Gasteiger partial charge in [-0.2, -0.15) is 0 Å². The Kier molecular flexibility index (Phi) is 21.7. The number of sulfonamides is 1. The van der Waals surface area contributed by atoms with Crippen molar-refractivity contribution in [3.05, 3.63) is 59.9 Å². The second kappa shape index (κ2) is 26.4. The molecule has 0 spiro atoms. The standard InChI is InChI=1S/C52H80N8O10S/c1-13-36(8)50(56(11)52(67)42(33(2)3)29-49(65)60(34(4)5)35(6)7)45(70-12)30-48(64)58-25-17-21-43(58)37(9)38(10)44(61)28-40(27-39-19-15-14-16-20-39)51(66)54-71(68,69)26-18-24-57-31-41(53-55-57)32-59-46(62)22-23-47(59)63/h14-16,19-20,22-23,31,33-38,40,42-43,45,50H,13,17-18,21,24-30,32H2,1-12H3,(H,54,66)/t36-,37+,38+,40+,42-,43-,45+,50-/m0/s1. The predicted molar refractivity (Wildman–Crippen MR) is 269 cm³/mol. The van der Waals surface area contributed by atoms with Gasteiger partial charge in [-0.25, -0.2) is 8.42 Å². The van der Waals surface area contributed by atoms with E-state index < -0.39 is 63.4 Å². The number of aryl methyl sites for hydroxylation is 1. The van der Waals surface area contributed by atoms with E-state index in [1.165, 1.54) is 23.0 Å². The molecule has 394 valence electrons. The number of imide groups is 1. The topological polar surface area (TPSA) is 219 Å². The van der Waals surface area contributed by atoms with Gasteiger partial charge in [-0.15, -0.1) is 5.10 Å². The fraction of sp³-hybridized carbons (Fsp3) is 0.673. The number of carbonyl (C=O) groups excluding carboxylic acids is 7. The van der Waals surface area contributed by atoms with Crippen LogP contribution in [0.25, 0.3) is 0 Å². The van der Waals surface area contributed by atoms with Gasteiger partial charge in [0.1, 0.15) is 11.5 Å². The highest BCUT2D eigenvalue weighted by Crippen LogP contribution is 2.33. The van der Waals surface area contributed by atoms with Crippen LogP contribution in [0, 0.1) is 35.5 Å². The lowest BCUT2D eigenvalue weighted by molar-refractivity contribution is -0.150. The summed E-state index contributed by atoms with van der Waals surface area (Å²) in [6, 6.07) is 8.28. The van der Waals surface area contributed by atoms with Gasteiger partial charge in [0.25, 0.3) is 11.8 Å². The molecule has 0 saturated carbocycles. The van der Waals surface area contributed by atoms with E-state index in [9.17, 15) is 42.0 Å². The summed E-state index contributed by atoms with van der Waals surface area (Å²) in [4.78, 5) is 101. The van der Waals surface area contributed by atoms with Gasteiger partial charge in [-0.1, -0.05) is 83.5 Å². The lowest BCUT2D eigenvalue weighted by Gasteiger charge is -2.41. The van der Waals surface area contributed by atoms with Crippen molar-refractivity contribution in [2.75, 3.05) is 26.5 Å². The monoisotopic (exact) mass is 1010 g/mol. The number of likely N-dealkylation sites (N-methyl/N-ethyl adjacent to an activating group) is 1. The van der Waals surface area contributed by atoms with Gasteiger partial charge in [0, 0.05) is 88.1 Å². The van der Waals surface area contributed by atoms with Gasteiger partial charge >= 0.3 is 0 Å². The molecule has 1 aromatic heterocycles. The molecule has 18 nitrogen and oxygen atoms in total. The maximum Gasteiger partial charge on any atom is 0.253 e. The van der Waals surface area contributed by atoms with E-state index in [1.807, 2.05) is 102 Å². The van der Waals surface area contributed by atoms with Gasteiger partial charge < -0.3 is 19.4 Å². The lowest BCUT2D eigenvalue weighted by atomic mass is 9.81. The molecule has 71 heavy (non-hydrogen) atoms. The molecule has 0 unspecified atom stereocenters. The molecule has 2 aliphatic heterocycles. The predicted octanol–water partition coefficient (Wildman–Crippen LogP) is 5.21. The third-order valence-corrected chi connectivity index (χ3v) is 15.9. The summed E-state index contributed by atoms with van der Waals surface area (Å²) in [6.07, 6.45) is 5.36. The SMILES string of the molecule is CC[C@H](C)[C@@H]([C@@H](CC(=O)N1CCC[C@H]1[C@H](C)[C@@H](C)C(=O)C[C@@H](Cc1ccccc1)C(=O)NS(=O)(=O)CCCn1cc(CN2C(=O)C=CC2=O)nn1)OC)N(C)C(=O)[C@@H](CC(=O)N(C(C)C)C(C)C)C(C)C. The third kappa shape index (κ3) is 15.8. The molecule has 6 amide bonds. The number of nitrogens with zero attached hydrogens (tertiary/aromatic N) is 7. The molecule has 0 bridgehead atoms. The first-order valence-corrected chi connectivity index (χ1v) is 27.0. The number of ether oxygens (including phenoxy) is 1. The fourth-order valence-electron chi connectivity index (χ4n) is 10.2. The van der Waals surface area contributed by atoms with Gasteiger partial charge in [-0.3, -0.25) is 47.9 Å². The van der Waals surface area contributed by atoms with Crippen LogP contribution in [-0.2, 0) is 67.8 Å². The Bertz CT molecular complexity index is 2270. The van der Waals surface area contributed by atoms with Crippen LogP contribution in [0.2, 0.25) is 0 Å². The Balaban J connectivity index is 1.42. The third-order valence-electron chi connectivity index (χ3n) is 14.5. The molecule has 2 aliphatic rings. The number of hydrogen-bond donors (Lipinski definition) is 1. The number of hydrogen-bond acceptors (Lipinski definition) is 12. The molecular weight excluding hydrogens is 929 g/mol. The first-order chi connectivity index (χ1) is 33.4. The van der Waals surface area contributed by atoms with Crippen LogP contribution in [0.4, 0.5) is 0 Å². The van der Waals surface area contributed by atoms with Crippen molar-refractivity contribution in [3.8, 4) is 0 Å². The maximum atomic E-state index is 14.4. The van der Waals surface area contributed by atoms with E-state index >= 15 is 0 Å². The lowest BCUT2D eigenvalue weighted by Crippen LogP contribution is -2.54. The van der Waals surface area contributed by atoms with Crippen LogP contribution in [0.15, 0.2) is 48.7 Å². The van der Waals surface area contributed by atoms with Crippen LogP contribution in [-0.4, -0.2) is 141 Å². The van der Waals surface area contributed by atoms with Crippen molar-refractivity contribution in [2.45, 2.75) is 164 Å². The molecule has 8 atom stereocenters. The number of methoxy groups -OCH3 is 1. The van der Waals surface area contributed by atoms with Crippen molar-refractivity contribution < 1.29 is 46.7 Å². The molecule has 3 heterocycles. The number of rotatable bonds is 28. The quantitative estimate of drug-likeness (QED) is 0.109. The highest BCUT2D eigenvalue weighted by molar-refractivity contribution is 7.90. The Morgan fingerprint density at radius 2 is 1.54 bits per heavy atom. The molecular formula is C52H80N8O10S.